The van der Waals surface area contributed by atoms with E-state index in [1.54, 1.807) is 7.11 Å². The smallest absolute Gasteiger partial charge is 0.118 e. The third-order valence-electron chi connectivity index (χ3n) is 2.84. The molecule has 0 heterocycles. The normalized spacial score (nSPS) is 12.6. The highest BCUT2D eigenvalue weighted by molar-refractivity contribution is 5.79. The maximum absolute atomic E-state index is 5.12. The van der Waals surface area contributed by atoms with Gasteiger partial charge in [-0.1, -0.05) is 30.3 Å². The first-order chi connectivity index (χ1) is 8.79. The minimum atomic E-state index is 0.174. The molecule has 0 saturated carbocycles. The summed E-state index contributed by atoms with van der Waals surface area (Å²) >= 11 is 0. The van der Waals surface area contributed by atoms with Crippen LogP contribution in [0.15, 0.2) is 59.6 Å². The van der Waals surface area contributed by atoms with E-state index in [1.165, 1.54) is 5.56 Å². The van der Waals surface area contributed by atoms with Crippen LogP contribution in [0.5, 0.6) is 5.75 Å². The van der Waals surface area contributed by atoms with Gasteiger partial charge in [0.15, 0.2) is 0 Å². The summed E-state index contributed by atoms with van der Waals surface area (Å²) in [5.74, 6) is 0.864. The van der Waals surface area contributed by atoms with Crippen molar-refractivity contribution >= 4 is 6.21 Å². The zero-order valence-corrected chi connectivity index (χ0v) is 10.7. The number of hydrogen-bond donors (Lipinski definition) is 0. The SMILES string of the molecule is COc1ccc(/C=N/[C@@H](C)c2ccccc2)cc1. The summed E-state index contributed by atoms with van der Waals surface area (Å²) in [6.07, 6.45) is 1.90. The van der Waals surface area contributed by atoms with Crippen LogP contribution in [0, 0.1) is 0 Å². The molecule has 2 aromatic carbocycles. The van der Waals surface area contributed by atoms with Gasteiger partial charge in [0.05, 0.1) is 13.2 Å². The Labute approximate surface area is 108 Å². The Morgan fingerprint density at radius 1 is 1.00 bits per heavy atom. The van der Waals surface area contributed by atoms with Crippen molar-refractivity contribution in [1.82, 2.24) is 0 Å². The zero-order chi connectivity index (χ0) is 12.8. The maximum atomic E-state index is 5.12. The lowest BCUT2D eigenvalue weighted by Crippen LogP contribution is -1.91. The van der Waals surface area contributed by atoms with E-state index in [9.17, 15) is 0 Å². The molecule has 0 saturated heterocycles. The molecule has 0 aliphatic heterocycles. The Balaban J connectivity index is 2.06. The highest BCUT2D eigenvalue weighted by Crippen LogP contribution is 2.16. The third kappa shape index (κ3) is 3.20. The molecule has 0 unspecified atom stereocenters. The molecule has 18 heavy (non-hydrogen) atoms. The number of rotatable bonds is 4. The molecule has 1 atom stereocenters. The maximum Gasteiger partial charge on any atom is 0.118 e. The van der Waals surface area contributed by atoms with Crippen molar-refractivity contribution in [2.24, 2.45) is 4.99 Å². The Bertz CT molecular complexity index is 502. The zero-order valence-electron chi connectivity index (χ0n) is 10.7. The molecule has 0 aliphatic rings. The van der Waals surface area contributed by atoms with E-state index in [1.807, 2.05) is 48.7 Å². The van der Waals surface area contributed by atoms with Crippen molar-refractivity contribution in [1.29, 1.82) is 0 Å². The quantitative estimate of drug-likeness (QED) is 0.742. The van der Waals surface area contributed by atoms with E-state index in [0.717, 1.165) is 11.3 Å². The Hall–Kier alpha value is -2.09. The van der Waals surface area contributed by atoms with Crippen molar-refractivity contribution in [3.8, 4) is 5.75 Å². The molecule has 92 valence electrons. The van der Waals surface area contributed by atoms with Gasteiger partial charge in [-0.15, -0.1) is 0 Å². The lowest BCUT2D eigenvalue weighted by atomic mass is 10.1. The van der Waals surface area contributed by atoms with Crippen LogP contribution in [0.25, 0.3) is 0 Å². The van der Waals surface area contributed by atoms with Gasteiger partial charge in [-0.25, -0.2) is 0 Å². The first-order valence-electron chi connectivity index (χ1n) is 6.02. The summed E-state index contributed by atoms with van der Waals surface area (Å²) in [6.45, 7) is 2.09. The predicted octanol–water partition coefficient (Wildman–Crippen LogP) is 3.88. The second-order valence-electron chi connectivity index (χ2n) is 4.14. The van der Waals surface area contributed by atoms with Crippen LogP contribution in [-0.4, -0.2) is 13.3 Å². The number of methoxy groups -OCH3 is 1. The molecule has 0 spiro atoms. The van der Waals surface area contributed by atoms with Crippen molar-refractivity contribution in [3.05, 3.63) is 65.7 Å². The fourth-order valence-corrected chi connectivity index (χ4v) is 1.71. The Morgan fingerprint density at radius 2 is 1.67 bits per heavy atom. The Kier molecular flexibility index (Phi) is 4.13. The Morgan fingerprint density at radius 3 is 2.28 bits per heavy atom. The first kappa shape index (κ1) is 12.4. The van der Waals surface area contributed by atoms with E-state index < -0.39 is 0 Å². The molecule has 0 amide bonds. The summed E-state index contributed by atoms with van der Waals surface area (Å²) < 4.78 is 5.12. The van der Waals surface area contributed by atoms with Gasteiger partial charge in [0.25, 0.3) is 0 Å². The molecule has 2 aromatic rings. The second-order valence-corrected chi connectivity index (χ2v) is 4.14. The lowest BCUT2D eigenvalue weighted by Gasteiger charge is -2.05. The number of aliphatic imine (C=N–C) groups is 1. The van der Waals surface area contributed by atoms with Gasteiger partial charge < -0.3 is 4.74 Å². The molecule has 2 nitrogen and oxygen atoms in total. The van der Waals surface area contributed by atoms with Gasteiger partial charge >= 0.3 is 0 Å². The van der Waals surface area contributed by atoms with Crippen molar-refractivity contribution in [3.63, 3.8) is 0 Å². The summed E-state index contributed by atoms with van der Waals surface area (Å²) in [6, 6.07) is 18.3. The van der Waals surface area contributed by atoms with Gasteiger partial charge in [0, 0.05) is 6.21 Å². The monoisotopic (exact) mass is 239 g/mol. The van der Waals surface area contributed by atoms with E-state index in [-0.39, 0.29) is 6.04 Å². The van der Waals surface area contributed by atoms with Crippen molar-refractivity contribution in [2.75, 3.05) is 7.11 Å². The molecule has 2 heteroatoms. The van der Waals surface area contributed by atoms with Gasteiger partial charge in [0.1, 0.15) is 5.75 Å². The van der Waals surface area contributed by atoms with Gasteiger partial charge in [-0.05, 0) is 42.3 Å². The van der Waals surface area contributed by atoms with Crippen LogP contribution in [0.2, 0.25) is 0 Å². The lowest BCUT2D eigenvalue weighted by molar-refractivity contribution is 0.415. The topological polar surface area (TPSA) is 21.6 Å². The average molecular weight is 239 g/mol. The standard InChI is InChI=1S/C16H17NO/c1-13(15-6-4-3-5-7-15)17-12-14-8-10-16(18-2)11-9-14/h3-13H,1-2H3/b17-12+/t13-/m0/s1. The first-order valence-corrected chi connectivity index (χ1v) is 6.02. The van der Waals surface area contributed by atoms with Crippen LogP contribution in [0.3, 0.4) is 0 Å². The molecule has 0 radical (unpaired) electrons. The van der Waals surface area contributed by atoms with Crippen LogP contribution in [0.1, 0.15) is 24.1 Å². The summed E-state index contributed by atoms with van der Waals surface area (Å²) in [5, 5.41) is 0. The van der Waals surface area contributed by atoms with Crippen LogP contribution in [0.4, 0.5) is 0 Å². The number of hydrogen-bond acceptors (Lipinski definition) is 2. The van der Waals surface area contributed by atoms with Crippen LogP contribution >= 0.6 is 0 Å². The highest BCUT2D eigenvalue weighted by atomic mass is 16.5. The molecule has 0 aromatic heterocycles. The fraction of sp³-hybridized carbons (Fsp3) is 0.188. The van der Waals surface area contributed by atoms with E-state index in [2.05, 4.69) is 24.0 Å². The molecule has 0 aliphatic carbocycles. The van der Waals surface area contributed by atoms with Crippen LogP contribution < -0.4 is 4.74 Å². The molecule has 0 N–H and O–H groups in total. The molecular formula is C16H17NO. The number of nitrogens with zero attached hydrogens (tertiary/aromatic N) is 1. The molecule has 0 fully saturated rings. The van der Waals surface area contributed by atoms with E-state index in [0.29, 0.717) is 0 Å². The molecule has 0 bridgehead atoms. The molecule has 2 rings (SSSR count). The van der Waals surface area contributed by atoms with Crippen molar-refractivity contribution in [2.45, 2.75) is 13.0 Å². The van der Waals surface area contributed by atoms with Gasteiger partial charge in [0.2, 0.25) is 0 Å². The average Bonchev–Trinajstić information content (AvgIpc) is 2.46. The minimum absolute atomic E-state index is 0.174. The largest absolute Gasteiger partial charge is 0.497 e. The summed E-state index contributed by atoms with van der Waals surface area (Å²) in [4.78, 5) is 4.55. The summed E-state index contributed by atoms with van der Waals surface area (Å²) in [5.41, 5.74) is 2.31. The molecular weight excluding hydrogens is 222 g/mol. The van der Waals surface area contributed by atoms with Gasteiger partial charge in [-0.3, -0.25) is 4.99 Å². The third-order valence-corrected chi connectivity index (χ3v) is 2.84. The highest BCUT2D eigenvalue weighted by Gasteiger charge is 2.00. The van der Waals surface area contributed by atoms with Crippen molar-refractivity contribution < 1.29 is 4.74 Å². The summed E-state index contributed by atoms with van der Waals surface area (Å²) in [7, 11) is 1.67. The number of ether oxygens (including phenoxy) is 1. The predicted molar refractivity (Wildman–Crippen MR) is 75.4 cm³/mol. The van der Waals surface area contributed by atoms with Gasteiger partial charge in [-0.2, -0.15) is 0 Å². The van der Waals surface area contributed by atoms with E-state index in [4.69, 9.17) is 4.74 Å². The fourth-order valence-electron chi connectivity index (χ4n) is 1.71. The minimum Gasteiger partial charge on any atom is -0.497 e. The van der Waals surface area contributed by atoms with E-state index >= 15 is 0 Å². The van der Waals surface area contributed by atoms with Crippen LogP contribution in [-0.2, 0) is 0 Å². The number of benzene rings is 2. The second kappa shape index (κ2) is 6.01.